The first-order valence-electron chi connectivity index (χ1n) is 42.9. The highest BCUT2D eigenvalue weighted by atomic mass is 16.5. The predicted octanol–water partition coefficient (Wildman–Crippen LogP) is 22.1. The molecule has 21 heteroatoms. The number of aromatic hydroxyl groups is 7. The van der Waals surface area contributed by atoms with Gasteiger partial charge in [-0.1, -0.05) is 161 Å². The minimum Gasteiger partial charge on any atom is -0.504 e. The quantitative estimate of drug-likeness (QED) is 0.0138. The van der Waals surface area contributed by atoms with Crippen molar-refractivity contribution in [3.8, 4) is 80.5 Å². The highest BCUT2D eigenvalue weighted by Gasteiger charge is 2.15. The third-order valence-electron chi connectivity index (χ3n) is 19.7. The summed E-state index contributed by atoms with van der Waals surface area (Å²) in [5, 5.41) is 66.0. The molecule has 0 aromatic heterocycles. The van der Waals surface area contributed by atoms with E-state index in [4.69, 9.17) is 33.2 Å². The van der Waals surface area contributed by atoms with Crippen molar-refractivity contribution in [3.05, 3.63) is 178 Å². The molecule has 0 aliphatic rings. The van der Waals surface area contributed by atoms with E-state index in [1.54, 1.807) is 110 Å². The maximum atomic E-state index is 11.8. The number of phenols is 7. The minimum absolute atomic E-state index is 0.0132. The zero-order chi connectivity index (χ0) is 90.3. The summed E-state index contributed by atoms with van der Waals surface area (Å²) in [6.07, 6.45) is 32.0. The molecule has 0 bridgehead atoms. The number of hydrogen-bond donors (Lipinski definition) is 7. The number of ether oxygens (including phenoxy) is 7. The number of carbonyl (C=O) groups is 7. The molecule has 0 aliphatic carbocycles. The van der Waals surface area contributed by atoms with Crippen LogP contribution in [0.4, 0.5) is 0 Å². The molecule has 0 aliphatic heterocycles. The van der Waals surface area contributed by atoms with Gasteiger partial charge < -0.3 is 73.7 Å². The maximum absolute atomic E-state index is 11.8. The Morgan fingerprint density at radius 3 is 0.843 bits per heavy atom. The Morgan fingerprint density at radius 1 is 0.298 bits per heavy atom. The molecule has 0 fully saturated rings. The van der Waals surface area contributed by atoms with Crippen LogP contribution in [-0.2, 0) is 78.5 Å². The molecule has 7 rings (SSSR count). The normalized spacial score (nSPS) is 10.6. The Hall–Kier alpha value is -10.8. The number of carbonyl (C=O) groups excluding carboxylic acids is 7. The van der Waals surface area contributed by atoms with Crippen molar-refractivity contribution in [3.63, 3.8) is 0 Å². The molecule has 7 aromatic carbocycles. The molecule has 0 saturated carbocycles. The summed E-state index contributed by atoms with van der Waals surface area (Å²) in [6, 6.07) is 36.3. The van der Waals surface area contributed by atoms with Gasteiger partial charge in [0.15, 0.2) is 86.3 Å². The van der Waals surface area contributed by atoms with Gasteiger partial charge in [-0.25, -0.2) is 0 Å². The van der Waals surface area contributed by atoms with Gasteiger partial charge in [0.05, 0.1) is 49.8 Å². The van der Waals surface area contributed by atoms with Crippen LogP contribution in [0.1, 0.15) is 261 Å². The molecule has 0 spiro atoms. The van der Waals surface area contributed by atoms with Crippen molar-refractivity contribution in [1.29, 1.82) is 0 Å². The third kappa shape index (κ3) is 48.9. The largest absolute Gasteiger partial charge is 0.504 e. The zero-order valence-electron chi connectivity index (χ0n) is 75.0. The summed E-state index contributed by atoms with van der Waals surface area (Å²) in [6.45, 7) is 15.8. The van der Waals surface area contributed by atoms with Crippen LogP contribution < -0.4 is 33.2 Å². The first-order valence-corrected chi connectivity index (χ1v) is 42.9. The first kappa shape index (κ1) is 108. The lowest BCUT2D eigenvalue weighted by Crippen LogP contribution is -2.12. The molecule has 0 radical (unpaired) electrons. The van der Waals surface area contributed by atoms with Gasteiger partial charge in [0.25, 0.3) is 0 Å². The molecule has 0 amide bonds. The summed E-state index contributed by atoms with van der Waals surface area (Å²) in [5.74, 6) is 5.90. The van der Waals surface area contributed by atoms with Crippen molar-refractivity contribution in [1.82, 2.24) is 0 Å². The van der Waals surface area contributed by atoms with E-state index in [0.29, 0.717) is 173 Å². The van der Waals surface area contributed by atoms with Crippen LogP contribution in [0.25, 0.3) is 0 Å². The second-order valence-corrected chi connectivity index (χ2v) is 29.6. The van der Waals surface area contributed by atoms with Crippen molar-refractivity contribution in [2.75, 3.05) is 49.8 Å². The molecule has 668 valence electrons. The molecule has 21 nitrogen and oxygen atoms in total. The molecule has 1 unspecified atom stereocenters. The van der Waals surface area contributed by atoms with E-state index in [-0.39, 0.29) is 69.3 Å². The van der Waals surface area contributed by atoms with Crippen LogP contribution in [-0.4, -0.2) is 126 Å². The molecular weight excluding hydrogens is 1540 g/mol. The van der Waals surface area contributed by atoms with Gasteiger partial charge in [-0.15, -0.1) is 0 Å². The van der Waals surface area contributed by atoms with E-state index in [9.17, 15) is 69.3 Å². The highest BCUT2D eigenvalue weighted by molar-refractivity contribution is 5.89. The van der Waals surface area contributed by atoms with E-state index in [0.717, 1.165) is 90.3 Å². The maximum Gasteiger partial charge on any atom is 0.160 e. The first-order chi connectivity index (χ1) is 58.1. The Morgan fingerprint density at radius 2 is 0.554 bits per heavy atom. The number of Topliss-reactive ketones (excluding diaryl/α,β-unsaturated/α-hetero) is 6. The van der Waals surface area contributed by atoms with E-state index in [1.165, 1.54) is 94.7 Å². The van der Waals surface area contributed by atoms with Crippen LogP contribution in [0.15, 0.2) is 140 Å². The number of methoxy groups -OCH3 is 7. The molecule has 121 heavy (non-hydrogen) atoms. The number of phenolic OH excluding ortho intramolecular Hbond substituents is 7. The van der Waals surface area contributed by atoms with Gasteiger partial charge in [0.1, 0.15) is 34.7 Å². The van der Waals surface area contributed by atoms with E-state index >= 15 is 0 Å². The SMILES string of the molecule is CCC(=O)C(C)Cc1ccc(O)c(OC)c1.CCC(=O)CCc1ccc(O)c(OC)c1.CCCCC(=O)CCc1ccc(O)c(OC)c1.CCCCC/C=C/C(=O)CCc1ccc(O)c(OC)c1.CCCCCCC(=O)CCc1ccc(O)c(OC)c1.CCCCCCCC(=O)CCc1ccc(O)c(OC)c1.COc1cc(CCC(C)=O)ccc1O. The summed E-state index contributed by atoms with van der Waals surface area (Å²) >= 11 is 0. The summed E-state index contributed by atoms with van der Waals surface area (Å²) in [5.41, 5.74) is 7.07. The molecule has 0 heterocycles. The van der Waals surface area contributed by atoms with Gasteiger partial charge in [-0.2, -0.15) is 0 Å². The highest BCUT2D eigenvalue weighted by Crippen LogP contribution is 2.33. The van der Waals surface area contributed by atoms with Crippen LogP contribution in [0.5, 0.6) is 80.5 Å². The number of ketones is 7. The summed E-state index contributed by atoms with van der Waals surface area (Å²) < 4.78 is 35.1. The van der Waals surface area contributed by atoms with E-state index in [2.05, 4.69) is 27.7 Å². The van der Waals surface area contributed by atoms with Crippen molar-refractivity contribution in [2.45, 2.75) is 267 Å². The summed E-state index contributed by atoms with van der Waals surface area (Å²) in [7, 11) is 10.6. The topological polar surface area (TPSA) is 326 Å². The van der Waals surface area contributed by atoms with Gasteiger partial charge in [0.2, 0.25) is 0 Å². The number of aryl methyl sites for hydroxylation is 6. The smallest absolute Gasteiger partial charge is 0.160 e. The fourth-order valence-corrected chi connectivity index (χ4v) is 12.1. The number of allylic oxidation sites excluding steroid dienone is 2. The van der Waals surface area contributed by atoms with Crippen molar-refractivity contribution < 1.29 is 102 Å². The average Bonchev–Trinajstić information content (AvgIpc) is 0.850. The molecular formula is C100H142O21. The van der Waals surface area contributed by atoms with Gasteiger partial charge in [-0.3, -0.25) is 28.8 Å². The lowest BCUT2D eigenvalue weighted by atomic mass is 9.95. The van der Waals surface area contributed by atoms with E-state index < -0.39 is 0 Å². The predicted molar refractivity (Wildman–Crippen MR) is 482 cm³/mol. The van der Waals surface area contributed by atoms with Crippen LogP contribution in [0.2, 0.25) is 0 Å². The van der Waals surface area contributed by atoms with Gasteiger partial charge in [0, 0.05) is 76.5 Å². The van der Waals surface area contributed by atoms with Crippen LogP contribution in [0.3, 0.4) is 0 Å². The Labute approximate surface area is 721 Å². The second kappa shape index (κ2) is 66.0. The third-order valence-corrected chi connectivity index (χ3v) is 19.7. The fraction of sp³-hybridized carbons (Fsp3) is 0.490. The Balaban J connectivity index is 0.000000708. The molecule has 7 N–H and O–H groups in total. The van der Waals surface area contributed by atoms with Gasteiger partial charge in [-0.05, 0) is 214 Å². The summed E-state index contributed by atoms with van der Waals surface area (Å²) in [4.78, 5) is 80.1. The van der Waals surface area contributed by atoms with Crippen LogP contribution in [0, 0.1) is 5.92 Å². The number of rotatable bonds is 49. The van der Waals surface area contributed by atoms with Crippen molar-refractivity contribution >= 4 is 40.5 Å². The minimum atomic E-state index is 0.0132. The standard InChI is InChI=1S/C17H26O3.C17H24O3.C16H24O3.C14H20O3.C13H18O3.C12H16O3.C11H14O3/c2*1-3-4-5-6-7-8-15(18)11-9-14-10-12-16(19)17(13-14)20-2;1-3-4-5-6-7-14(17)10-8-13-9-11-15(18)16(12-13)19-2;1-3-4-5-12(15)8-6-11-7-9-13(16)14(10-11)17-2;1-4-11(14)9(2)7-10-5-6-12(15)13(8-10)16-3;1-3-10(13)6-4-9-5-7-11(14)12(8-9)15-2;1-8(12)3-4-9-5-6-10(13)11(7-9)14-2/h10,12-13,19H,3-9,11H2,1-2H3;7-8,10,12-13,19H,3-6,9,11H2,1-2H3;9,11-12,18H,3-8,10H2,1-2H3;7,9-10,16H,3-6,8H2,1-2H3;5-6,8-9,15H,4,7H2,1-3H3;5,7-8,14H,3-4,6H2,1-2H3;5-7,13H,3-4H2,1-2H3/b;8-7+;;;;;. The monoisotopic (exact) mass is 1680 g/mol. The van der Waals surface area contributed by atoms with Gasteiger partial charge >= 0.3 is 0 Å². The lowest BCUT2D eigenvalue weighted by Gasteiger charge is -2.10. The lowest BCUT2D eigenvalue weighted by molar-refractivity contribution is -0.122. The van der Waals surface area contributed by atoms with Crippen molar-refractivity contribution in [2.24, 2.45) is 5.92 Å². The molecule has 1 atom stereocenters. The zero-order valence-corrected chi connectivity index (χ0v) is 75.0. The number of hydrogen-bond acceptors (Lipinski definition) is 21. The number of benzene rings is 7. The Bertz CT molecular complexity index is 4160. The van der Waals surface area contributed by atoms with Crippen LogP contribution >= 0.6 is 0 Å². The Kier molecular flexibility index (Phi) is 59.0. The fourth-order valence-electron chi connectivity index (χ4n) is 12.1. The number of unbranched alkanes of at least 4 members (excludes halogenated alkanes) is 11. The second-order valence-electron chi connectivity index (χ2n) is 29.6. The average molecular weight is 1680 g/mol. The van der Waals surface area contributed by atoms with E-state index in [1.807, 2.05) is 57.2 Å². The molecule has 0 saturated heterocycles. The molecule has 7 aromatic rings.